The number of hydrogen-bond acceptors (Lipinski definition) is 3. The third-order valence-corrected chi connectivity index (χ3v) is 5.30. The predicted octanol–water partition coefficient (Wildman–Crippen LogP) is 2.25. The molecule has 2 aliphatic rings. The lowest BCUT2D eigenvalue weighted by Crippen LogP contribution is -2.57. The molecule has 1 aliphatic carbocycles. The summed E-state index contributed by atoms with van der Waals surface area (Å²) < 4.78 is 0. The molecule has 20 heavy (non-hydrogen) atoms. The van der Waals surface area contributed by atoms with E-state index in [9.17, 15) is 0 Å². The van der Waals surface area contributed by atoms with Gasteiger partial charge < -0.3 is 15.1 Å². The van der Waals surface area contributed by atoms with Gasteiger partial charge in [0.2, 0.25) is 0 Å². The average molecular weight is 273 g/mol. The number of rotatable bonds is 4. The number of likely N-dealkylation sites (N-methyl/N-ethyl adjacent to an activating group) is 2. The van der Waals surface area contributed by atoms with Crippen LogP contribution in [0.4, 0.5) is 5.69 Å². The van der Waals surface area contributed by atoms with Crippen molar-refractivity contribution in [3.8, 4) is 0 Å². The molecule has 0 radical (unpaired) electrons. The zero-order chi connectivity index (χ0) is 14.2. The molecule has 3 nitrogen and oxygen atoms in total. The summed E-state index contributed by atoms with van der Waals surface area (Å²) >= 11 is 0. The number of hydrogen-bond donors (Lipinski definition) is 1. The number of anilines is 1. The standard InChI is InChI=1S/C17H27N3/c1-19(2)17(9-5-10-17)13-20(3)16-7-4-6-14-8-11-18-12-15(14)16/h4,6-7,18H,5,8-13H2,1-3H3. The largest absolute Gasteiger partial charge is 0.372 e. The summed E-state index contributed by atoms with van der Waals surface area (Å²) in [5, 5.41) is 3.51. The van der Waals surface area contributed by atoms with E-state index in [0.717, 1.165) is 26.1 Å². The molecule has 0 bridgehead atoms. The van der Waals surface area contributed by atoms with Gasteiger partial charge in [0.15, 0.2) is 0 Å². The number of fused-ring (bicyclic) bond motifs is 1. The number of nitrogens with zero attached hydrogens (tertiary/aromatic N) is 2. The Kier molecular flexibility index (Phi) is 3.74. The molecule has 1 heterocycles. The molecular weight excluding hydrogens is 246 g/mol. The molecule has 0 atom stereocenters. The van der Waals surface area contributed by atoms with Gasteiger partial charge in [-0.1, -0.05) is 12.1 Å². The Labute approximate surface area is 123 Å². The van der Waals surface area contributed by atoms with E-state index in [4.69, 9.17) is 0 Å². The Balaban J connectivity index is 1.82. The van der Waals surface area contributed by atoms with E-state index >= 15 is 0 Å². The molecule has 3 rings (SSSR count). The predicted molar refractivity (Wildman–Crippen MR) is 85.4 cm³/mol. The van der Waals surface area contributed by atoms with Crippen LogP contribution >= 0.6 is 0 Å². The monoisotopic (exact) mass is 273 g/mol. The fourth-order valence-electron chi connectivity index (χ4n) is 3.71. The first-order valence-corrected chi connectivity index (χ1v) is 7.82. The van der Waals surface area contributed by atoms with E-state index in [2.05, 4.69) is 54.5 Å². The molecule has 0 amide bonds. The van der Waals surface area contributed by atoms with E-state index in [1.54, 1.807) is 0 Å². The Bertz CT molecular complexity index is 477. The van der Waals surface area contributed by atoms with Gasteiger partial charge in [0.25, 0.3) is 0 Å². The fraction of sp³-hybridized carbons (Fsp3) is 0.647. The summed E-state index contributed by atoms with van der Waals surface area (Å²) in [5.41, 5.74) is 4.84. The molecule has 1 aliphatic heterocycles. The van der Waals surface area contributed by atoms with Crippen molar-refractivity contribution < 1.29 is 0 Å². The van der Waals surface area contributed by atoms with Gasteiger partial charge in [0, 0.05) is 31.4 Å². The van der Waals surface area contributed by atoms with Gasteiger partial charge in [-0.2, -0.15) is 0 Å². The molecule has 1 fully saturated rings. The zero-order valence-corrected chi connectivity index (χ0v) is 13.1. The molecular formula is C17H27N3. The maximum atomic E-state index is 3.51. The lowest BCUT2D eigenvalue weighted by molar-refractivity contribution is 0.0683. The molecule has 0 spiro atoms. The van der Waals surface area contributed by atoms with Crippen molar-refractivity contribution in [2.75, 3.05) is 39.1 Å². The zero-order valence-electron chi connectivity index (χ0n) is 13.1. The van der Waals surface area contributed by atoms with Gasteiger partial charge in [-0.25, -0.2) is 0 Å². The summed E-state index contributed by atoms with van der Waals surface area (Å²) in [6.45, 7) is 3.27. The molecule has 1 N–H and O–H groups in total. The van der Waals surface area contributed by atoms with Crippen LogP contribution in [0.15, 0.2) is 18.2 Å². The summed E-state index contributed by atoms with van der Waals surface area (Å²) in [4.78, 5) is 4.91. The molecule has 0 saturated heterocycles. The van der Waals surface area contributed by atoms with Gasteiger partial charge >= 0.3 is 0 Å². The number of benzene rings is 1. The first-order chi connectivity index (χ1) is 9.62. The van der Waals surface area contributed by atoms with Gasteiger partial charge in [0.1, 0.15) is 0 Å². The Morgan fingerprint density at radius 3 is 2.65 bits per heavy atom. The van der Waals surface area contributed by atoms with Crippen LogP contribution in [0.5, 0.6) is 0 Å². The Morgan fingerprint density at radius 1 is 1.20 bits per heavy atom. The van der Waals surface area contributed by atoms with Crippen molar-refractivity contribution in [2.24, 2.45) is 0 Å². The minimum atomic E-state index is 0.388. The Hall–Kier alpha value is -1.06. The SMILES string of the molecule is CN(CC1(N(C)C)CCC1)c1cccc2c1CNCC2. The molecule has 3 heteroatoms. The van der Waals surface area contributed by atoms with Gasteiger partial charge in [0.05, 0.1) is 0 Å². The quantitative estimate of drug-likeness (QED) is 0.908. The van der Waals surface area contributed by atoms with E-state index in [0.29, 0.717) is 5.54 Å². The van der Waals surface area contributed by atoms with Crippen LogP contribution in [0, 0.1) is 0 Å². The van der Waals surface area contributed by atoms with Crippen LogP contribution in [-0.4, -0.2) is 44.7 Å². The van der Waals surface area contributed by atoms with Crippen LogP contribution in [0.25, 0.3) is 0 Å². The van der Waals surface area contributed by atoms with Crippen LogP contribution in [0.2, 0.25) is 0 Å². The molecule has 0 unspecified atom stereocenters. The first-order valence-electron chi connectivity index (χ1n) is 7.82. The Morgan fingerprint density at radius 2 is 2.00 bits per heavy atom. The third kappa shape index (κ3) is 2.33. The maximum Gasteiger partial charge on any atom is 0.0412 e. The van der Waals surface area contributed by atoms with E-state index in [-0.39, 0.29) is 0 Å². The van der Waals surface area contributed by atoms with Crippen LogP contribution in [0.3, 0.4) is 0 Å². The van der Waals surface area contributed by atoms with E-state index < -0.39 is 0 Å². The first kappa shape index (κ1) is 13.9. The molecule has 110 valence electrons. The normalized spacial score (nSPS) is 20.4. The summed E-state index contributed by atoms with van der Waals surface area (Å²) in [6, 6.07) is 6.80. The maximum absolute atomic E-state index is 3.51. The molecule has 1 aromatic carbocycles. The van der Waals surface area contributed by atoms with Crippen molar-refractivity contribution in [1.82, 2.24) is 10.2 Å². The van der Waals surface area contributed by atoms with E-state index in [1.165, 1.54) is 36.1 Å². The highest BCUT2D eigenvalue weighted by Gasteiger charge is 2.40. The van der Waals surface area contributed by atoms with Crippen LogP contribution in [-0.2, 0) is 13.0 Å². The summed E-state index contributed by atoms with van der Waals surface area (Å²) in [7, 11) is 6.72. The van der Waals surface area contributed by atoms with Crippen molar-refractivity contribution >= 4 is 5.69 Å². The molecule has 1 aromatic rings. The van der Waals surface area contributed by atoms with E-state index in [1.807, 2.05) is 0 Å². The van der Waals surface area contributed by atoms with Crippen molar-refractivity contribution in [1.29, 1.82) is 0 Å². The highest BCUT2D eigenvalue weighted by atomic mass is 15.2. The van der Waals surface area contributed by atoms with Gasteiger partial charge in [-0.3, -0.25) is 0 Å². The smallest absolute Gasteiger partial charge is 0.0412 e. The van der Waals surface area contributed by atoms with Gasteiger partial charge in [-0.05, 0) is 63.5 Å². The molecule has 0 aromatic heterocycles. The third-order valence-electron chi connectivity index (χ3n) is 5.30. The van der Waals surface area contributed by atoms with Crippen LogP contribution in [0.1, 0.15) is 30.4 Å². The summed E-state index contributed by atoms with van der Waals surface area (Å²) in [5.74, 6) is 0. The van der Waals surface area contributed by atoms with Gasteiger partial charge in [-0.15, -0.1) is 0 Å². The minimum Gasteiger partial charge on any atom is -0.372 e. The number of nitrogens with one attached hydrogen (secondary N) is 1. The second-order valence-electron chi connectivity index (χ2n) is 6.67. The minimum absolute atomic E-state index is 0.388. The average Bonchev–Trinajstić information content (AvgIpc) is 2.41. The lowest BCUT2D eigenvalue weighted by Gasteiger charge is -2.50. The van der Waals surface area contributed by atoms with Crippen molar-refractivity contribution in [2.45, 2.75) is 37.8 Å². The highest BCUT2D eigenvalue weighted by Crippen LogP contribution is 2.38. The fourth-order valence-corrected chi connectivity index (χ4v) is 3.71. The highest BCUT2D eigenvalue weighted by molar-refractivity contribution is 5.57. The summed E-state index contributed by atoms with van der Waals surface area (Å²) in [6.07, 6.45) is 5.20. The van der Waals surface area contributed by atoms with Crippen molar-refractivity contribution in [3.63, 3.8) is 0 Å². The molecule has 1 saturated carbocycles. The second-order valence-corrected chi connectivity index (χ2v) is 6.67. The lowest BCUT2D eigenvalue weighted by atomic mass is 9.75. The topological polar surface area (TPSA) is 18.5 Å². The van der Waals surface area contributed by atoms with Crippen LogP contribution < -0.4 is 10.2 Å². The second kappa shape index (κ2) is 5.38. The van der Waals surface area contributed by atoms with Crippen molar-refractivity contribution in [3.05, 3.63) is 29.3 Å².